The number of rotatable bonds is 12. The first-order chi connectivity index (χ1) is 18.5. The molecule has 0 aliphatic rings. The second-order valence-corrected chi connectivity index (χ2v) is 12.0. The molecule has 3 aromatic rings. The van der Waals surface area contributed by atoms with Crippen molar-refractivity contribution in [3.63, 3.8) is 0 Å². The molecule has 0 aliphatic heterocycles. The third-order valence-electron chi connectivity index (χ3n) is 6.22. The molecule has 0 unspecified atom stereocenters. The van der Waals surface area contributed by atoms with Crippen molar-refractivity contribution < 1.29 is 22.4 Å². The maximum atomic E-state index is 14.8. The van der Waals surface area contributed by atoms with Gasteiger partial charge in [0.2, 0.25) is 21.8 Å². The van der Waals surface area contributed by atoms with E-state index in [1.165, 1.54) is 11.0 Å². The van der Waals surface area contributed by atoms with Crippen molar-refractivity contribution in [2.75, 3.05) is 23.7 Å². The van der Waals surface area contributed by atoms with E-state index in [2.05, 4.69) is 5.32 Å². The highest BCUT2D eigenvalue weighted by atomic mass is 32.2. The van der Waals surface area contributed by atoms with Gasteiger partial charge in [-0.1, -0.05) is 74.5 Å². The summed E-state index contributed by atoms with van der Waals surface area (Å²) in [5, 5.41) is 2.90. The predicted molar refractivity (Wildman–Crippen MR) is 152 cm³/mol. The van der Waals surface area contributed by atoms with E-state index in [0.29, 0.717) is 12.2 Å². The van der Waals surface area contributed by atoms with Gasteiger partial charge in [-0.3, -0.25) is 13.9 Å². The Labute approximate surface area is 230 Å². The Bertz CT molecular complexity index is 1380. The number of hydrogen-bond donors (Lipinski definition) is 1. The molecular weight excluding hydrogens is 517 g/mol. The second-order valence-electron chi connectivity index (χ2n) is 10.1. The first-order valence-corrected chi connectivity index (χ1v) is 14.7. The molecular formula is C30H36FN3O4S. The minimum atomic E-state index is -3.86. The Balaban J connectivity index is 2.06. The van der Waals surface area contributed by atoms with Gasteiger partial charge in [0.25, 0.3) is 0 Å². The molecule has 0 saturated heterocycles. The standard InChI is InChI=1S/C30H36FN3O4S/c1-22(2)19-32-30(36)28(18-24-12-6-5-7-13-24)33(20-25-14-8-9-16-27(25)31)29(35)21-34(39(4,37)38)26-15-10-11-23(3)17-26/h5-17,22,28H,18-21H2,1-4H3,(H,32,36)/t28-/m1/s1. The van der Waals surface area contributed by atoms with E-state index < -0.39 is 40.2 Å². The fourth-order valence-corrected chi connectivity index (χ4v) is 5.02. The Hall–Kier alpha value is -3.72. The number of sulfonamides is 1. The highest BCUT2D eigenvalue weighted by molar-refractivity contribution is 7.92. The molecule has 208 valence electrons. The van der Waals surface area contributed by atoms with Crippen molar-refractivity contribution >= 4 is 27.5 Å². The Morgan fingerprint density at radius 2 is 1.62 bits per heavy atom. The molecule has 39 heavy (non-hydrogen) atoms. The highest BCUT2D eigenvalue weighted by Gasteiger charge is 2.33. The molecule has 0 aromatic heterocycles. The van der Waals surface area contributed by atoms with Gasteiger partial charge in [-0.2, -0.15) is 0 Å². The maximum Gasteiger partial charge on any atom is 0.244 e. The quantitative estimate of drug-likeness (QED) is 0.362. The first kappa shape index (κ1) is 29.8. The number of aryl methyl sites for hydroxylation is 1. The van der Waals surface area contributed by atoms with Gasteiger partial charge in [0.15, 0.2) is 0 Å². The summed E-state index contributed by atoms with van der Waals surface area (Å²) in [4.78, 5) is 28.8. The van der Waals surface area contributed by atoms with Crippen LogP contribution in [0.5, 0.6) is 0 Å². The lowest BCUT2D eigenvalue weighted by atomic mass is 10.0. The van der Waals surface area contributed by atoms with Crippen LogP contribution in [-0.2, 0) is 32.6 Å². The van der Waals surface area contributed by atoms with Crippen LogP contribution in [-0.4, -0.2) is 50.5 Å². The molecule has 0 radical (unpaired) electrons. The van der Waals surface area contributed by atoms with Gasteiger partial charge in [-0.05, 0) is 42.2 Å². The molecule has 7 nitrogen and oxygen atoms in total. The van der Waals surface area contributed by atoms with Gasteiger partial charge in [0, 0.05) is 25.1 Å². The molecule has 0 fully saturated rings. The topological polar surface area (TPSA) is 86.8 Å². The summed E-state index contributed by atoms with van der Waals surface area (Å²) in [6, 6.07) is 21.1. The van der Waals surface area contributed by atoms with E-state index in [1.807, 2.05) is 57.2 Å². The fourth-order valence-electron chi connectivity index (χ4n) is 4.18. The number of carbonyl (C=O) groups is 2. The minimum Gasteiger partial charge on any atom is -0.354 e. The molecule has 2 amide bonds. The first-order valence-electron chi connectivity index (χ1n) is 12.8. The SMILES string of the molecule is Cc1cccc(N(CC(=O)N(Cc2ccccc2F)[C@H](Cc2ccccc2)C(=O)NCC(C)C)S(C)(=O)=O)c1. The van der Waals surface area contributed by atoms with E-state index >= 15 is 0 Å². The van der Waals surface area contributed by atoms with E-state index in [9.17, 15) is 22.4 Å². The number of nitrogens with one attached hydrogen (secondary N) is 1. The molecule has 0 aliphatic carbocycles. The summed E-state index contributed by atoms with van der Waals surface area (Å²) >= 11 is 0. The largest absolute Gasteiger partial charge is 0.354 e. The fraction of sp³-hybridized carbons (Fsp3) is 0.333. The number of hydrogen-bond acceptors (Lipinski definition) is 4. The number of benzene rings is 3. The molecule has 1 atom stereocenters. The van der Waals surface area contributed by atoms with Gasteiger partial charge in [0.05, 0.1) is 11.9 Å². The van der Waals surface area contributed by atoms with Crippen molar-refractivity contribution in [1.82, 2.24) is 10.2 Å². The summed E-state index contributed by atoms with van der Waals surface area (Å²) < 4.78 is 41.4. The number of nitrogens with zero attached hydrogens (tertiary/aromatic N) is 2. The highest BCUT2D eigenvalue weighted by Crippen LogP contribution is 2.22. The van der Waals surface area contributed by atoms with Crippen LogP contribution in [0, 0.1) is 18.7 Å². The summed E-state index contributed by atoms with van der Waals surface area (Å²) in [5.74, 6) is -1.36. The average Bonchev–Trinajstić information content (AvgIpc) is 2.88. The van der Waals surface area contributed by atoms with Gasteiger partial charge < -0.3 is 10.2 Å². The third kappa shape index (κ3) is 8.64. The van der Waals surface area contributed by atoms with Crippen LogP contribution in [0.2, 0.25) is 0 Å². The van der Waals surface area contributed by atoms with E-state index in [0.717, 1.165) is 21.7 Å². The lowest BCUT2D eigenvalue weighted by Crippen LogP contribution is -2.53. The van der Waals surface area contributed by atoms with Crippen molar-refractivity contribution in [3.8, 4) is 0 Å². The van der Waals surface area contributed by atoms with Gasteiger partial charge in [0.1, 0.15) is 18.4 Å². The lowest BCUT2D eigenvalue weighted by Gasteiger charge is -2.33. The molecule has 3 aromatic carbocycles. The van der Waals surface area contributed by atoms with E-state index in [-0.39, 0.29) is 24.4 Å². The van der Waals surface area contributed by atoms with Crippen LogP contribution in [0.25, 0.3) is 0 Å². The van der Waals surface area contributed by atoms with Crippen molar-refractivity contribution in [3.05, 3.63) is 101 Å². The zero-order valence-corrected chi connectivity index (χ0v) is 23.6. The zero-order valence-electron chi connectivity index (χ0n) is 22.8. The third-order valence-corrected chi connectivity index (χ3v) is 7.36. The Morgan fingerprint density at radius 3 is 2.23 bits per heavy atom. The van der Waals surface area contributed by atoms with Crippen molar-refractivity contribution in [2.45, 2.75) is 39.8 Å². The van der Waals surface area contributed by atoms with E-state index in [4.69, 9.17) is 0 Å². The maximum absolute atomic E-state index is 14.8. The molecule has 1 N–H and O–H groups in total. The smallest absolute Gasteiger partial charge is 0.244 e. The predicted octanol–water partition coefficient (Wildman–Crippen LogP) is 4.31. The number of anilines is 1. The lowest BCUT2D eigenvalue weighted by molar-refractivity contribution is -0.140. The summed E-state index contributed by atoms with van der Waals surface area (Å²) in [6.07, 6.45) is 1.20. The van der Waals surface area contributed by atoms with Gasteiger partial charge in [-0.25, -0.2) is 12.8 Å². The number of amides is 2. The van der Waals surface area contributed by atoms with Crippen LogP contribution in [0.1, 0.15) is 30.5 Å². The van der Waals surface area contributed by atoms with Gasteiger partial charge in [-0.15, -0.1) is 0 Å². The minimum absolute atomic E-state index is 0.170. The molecule has 3 rings (SSSR count). The van der Waals surface area contributed by atoms with Crippen LogP contribution in [0.3, 0.4) is 0 Å². The molecule has 0 spiro atoms. The molecule has 9 heteroatoms. The van der Waals surface area contributed by atoms with Crippen LogP contribution >= 0.6 is 0 Å². The van der Waals surface area contributed by atoms with Crippen LogP contribution in [0.4, 0.5) is 10.1 Å². The Morgan fingerprint density at radius 1 is 0.949 bits per heavy atom. The summed E-state index contributed by atoms with van der Waals surface area (Å²) in [5.41, 5.74) is 2.20. The second kappa shape index (κ2) is 13.4. The molecule has 0 heterocycles. The van der Waals surface area contributed by atoms with Crippen molar-refractivity contribution in [2.24, 2.45) is 5.92 Å². The number of halogens is 1. The monoisotopic (exact) mass is 553 g/mol. The molecule has 0 saturated carbocycles. The Kier molecular flexibility index (Phi) is 10.2. The van der Waals surface area contributed by atoms with Gasteiger partial charge >= 0.3 is 0 Å². The van der Waals surface area contributed by atoms with Crippen LogP contribution < -0.4 is 9.62 Å². The molecule has 0 bridgehead atoms. The normalized spacial score (nSPS) is 12.2. The van der Waals surface area contributed by atoms with Crippen molar-refractivity contribution in [1.29, 1.82) is 0 Å². The summed E-state index contributed by atoms with van der Waals surface area (Å²) in [7, 11) is -3.86. The zero-order chi connectivity index (χ0) is 28.6. The average molecular weight is 554 g/mol. The number of carbonyl (C=O) groups excluding carboxylic acids is 2. The van der Waals surface area contributed by atoms with Crippen LogP contribution in [0.15, 0.2) is 78.9 Å². The summed E-state index contributed by atoms with van der Waals surface area (Å²) in [6.45, 7) is 5.39. The van der Waals surface area contributed by atoms with E-state index in [1.54, 1.807) is 36.4 Å².